The van der Waals surface area contributed by atoms with Gasteiger partial charge in [-0.25, -0.2) is 0 Å². The summed E-state index contributed by atoms with van der Waals surface area (Å²) >= 11 is 0. The molecular weight excluding hydrogens is 316 g/mol. The third kappa shape index (κ3) is 5.64. The molecule has 0 bridgehead atoms. The molecular formula is C20H24N2O3. The first-order valence-corrected chi connectivity index (χ1v) is 8.42. The van der Waals surface area contributed by atoms with Crippen molar-refractivity contribution in [3.05, 3.63) is 60.2 Å². The lowest BCUT2D eigenvalue weighted by atomic mass is 10.1. The molecule has 2 aromatic carbocycles. The van der Waals surface area contributed by atoms with Crippen LogP contribution in [0.5, 0.6) is 5.75 Å². The summed E-state index contributed by atoms with van der Waals surface area (Å²) in [7, 11) is 0. The van der Waals surface area contributed by atoms with E-state index in [1.807, 2.05) is 61.5 Å². The molecule has 25 heavy (non-hydrogen) atoms. The maximum Gasteiger partial charge on any atom is 0.224 e. The second-order valence-corrected chi connectivity index (χ2v) is 5.58. The molecule has 0 radical (unpaired) electrons. The topological polar surface area (TPSA) is 58.6 Å². The number of rotatable bonds is 8. The Kier molecular flexibility index (Phi) is 7.01. The van der Waals surface area contributed by atoms with Gasteiger partial charge in [0.05, 0.1) is 18.7 Å². The zero-order chi connectivity index (χ0) is 18.1. The van der Waals surface area contributed by atoms with E-state index in [0.29, 0.717) is 37.6 Å². The lowest BCUT2D eigenvalue weighted by molar-refractivity contribution is -0.121. The van der Waals surface area contributed by atoms with E-state index in [9.17, 15) is 9.59 Å². The van der Waals surface area contributed by atoms with E-state index >= 15 is 0 Å². The molecule has 5 heteroatoms. The fourth-order valence-corrected chi connectivity index (χ4v) is 2.56. The zero-order valence-electron chi connectivity index (χ0n) is 14.7. The van der Waals surface area contributed by atoms with Crippen molar-refractivity contribution in [1.29, 1.82) is 0 Å². The molecule has 0 aliphatic rings. The van der Waals surface area contributed by atoms with Crippen molar-refractivity contribution in [2.75, 3.05) is 24.6 Å². The van der Waals surface area contributed by atoms with E-state index in [-0.39, 0.29) is 11.8 Å². The minimum absolute atomic E-state index is 0.0622. The molecule has 0 aromatic heterocycles. The van der Waals surface area contributed by atoms with Gasteiger partial charge in [-0.1, -0.05) is 42.5 Å². The Morgan fingerprint density at radius 2 is 1.72 bits per heavy atom. The van der Waals surface area contributed by atoms with Crippen LogP contribution in [0.1, 0.15) is 19.4 Å². The predicted molar refractivity (Wildman–Crippen MR) is 98.8 cm³/mol. The molecule has 0 aliphatic carbocycles. The highest BCUT2D eigenvalue weighted by atomic mass is 16.5. The normalized spacial score (nSPS) is 10.2. The molecule has 0 aliphatic heterocycles. The molecule has 0 unspecified atom stereocenters. The smallest absolute Gasteiger partial charge is 0.224 e. The van der Waals surface area contributed by atoms with Gasteiger partial charge >= 0.3 is 0 Å². The monoisotopic (exact) mass is 340 g/mol. The van der Waals surface area contributed by atoms with Crippen LogP contribution in [0.2, 0.25) is 0 Å². The van der Waals surface area contributed by atoms with Crippen molar-refractivity contribution in [3.8, 4) is 5.75 Å². The molecule has 2 rings (SSSR count). The van der Waals surface area contributed by atoms with Crippen LogP contribution in [0.15, 0.2) is 54.6 Å². The van der Waals surface area contributed by atoms with Crippen LogP contribution in [0.25, 0.3) is 0 Å². The molecule has 5 nitrogen and oxygen atoms in total. The average molecular weight is 340 g/mol. The summed E-state index contributed by atoms with van der Waals surface area (Å²) in [5.74, 6) is 0.507. The average Bonchev–Trinajstić information content (AvgIpc) is 2.60. The van der Waals surface area contributed by atoms with E-state index in [1.165, 1.54) is 6.92 Å². The molecule has 1 N–H and O–H groups in total. The fraction of sp³-hybridized carbons (Fsp3) is 0.300. The molecule has 0 atom stereocenters. The second kappa shape index (κ2) is 9.47. The molecule has 2 amide bonds. The summed E-state index contributed by atoms with van der Waals surface area (Å²) in [6.07, 6.45) is 0.330. The van der Waals surface area contributed by atoms with Gasteiger partial charge in [0.15, 0.2) is 0 Å². The van der Waals surface area contributed by atoms with Gasteiger partial charge < -0.3 is 15.0 Å². The van der Waals surface area contributed by atoms with Crippen molar-refractivity contribution in [1.82, 2.24) is 5.32 Å². The van der Waals surface area contributed by atoms with E-state index in [2.05, 4.69) is 5.32 Å². The maximum atomic E-state index is 12.0. The van der Waals surface area contributed by atoms with Gasteiger partial charge in [-0.2, -0.15) is 0 Å². The highest BCUT2D eigenvalue weighted by Crippen LogP contribution is 2.27. The number of benzene rings is 2. The molecule has 132 valence electrons. The van der Waals surface area contributed by atoms with Gasteiger partial charge in [0.25, 0.3) is 0 Å². The number of hydrogen-bond acceptors (Lipinski definition) is 3. The fourth-order valence-electron chi connectivity index (χ4n) is 2.56. The van der Waals surface area contributed by atoms with Gasteiger partial charge in [0, 0.05) is 20.0 Å². The molecule has 0 heterocycles. The minimum Gasteiger partial charge on any atom is -0.492 e. The van der Waals surface area contributed by atoms with E-state index in [4.69, 9.17) is 4.74 Å². The van der Waals surface area contributed by atoms with Crippen LogP contribution < -0.4 is 15.0 Å². The number of ether oxygens (including phenoxy) is 1. The van der Waals surface area contributed by atoms with Crippen LogP contribution in [-0.2, 0) is 16.0 Å². The molecule has 0 saturated carbocycles. The van der Waals surface area contributed by atoms with Crippen molar-refractivity contribution < 1.29 is 14.3 Å². The van der Waals surface area contributed by atoms with E-state index in [1.54, 1.807) is 4.90 Å². The lowest BCUT2D eigenvalue weighted by Crippen LogP contribution is -2.38. The van der Waals surface area contributed by atoms with Gasteiger partial charge in [-0.15, -0.1) is 0 Å². The van der Waals surface area contributed by atoms with Gasteiger partial charge in [-0.3, -0.25) is 9.59 Å². The zero-order valence-corrected chi connectivity index (χ0v) is 14.7. The van der Waals surface area contributed by atoms with Crippen molar-refractivity contribution >= 4 is 17.5 Å². The number of nitrogens with zero attached hydrogens (tertiary/aromatic N) is 1. The largest absolute Gasteiger partial charge is 0.492 e. The van der Waals surface area contributed by atoms with Crippen LogP contribution in [0.3, 0.4) is 0 Å². The van der Waals surface area contributed by atoms with Gasteiger partial charge in [0.1, 0.15) is 5.75 Å². The van der Waals surface area contributed by atoms with Crippen LogP contribution in [-0.4, -0.2) is 31.5 Å². The highest BCUT2D eigenvalue weighted by molar-refractivity contribution is 5.93. The first-order valence-electron chi connectivity index (χ1n) is 8.42. The quantitative estimate of drug-likeness (QED) is 0.804. The maximum absolute atomic E-state index is 12.0. The van der Waals surface area contributed by atoms with E-state index < -0.39 is 0 Å². The predicted octanol–water partition coefficient (Wildman–Crippen LogP) is 2.80. The number of carbonyl (C=O) groups excluding carboxylic acids is 2. The third-order valence-electron chi connectivity index (χ3n) is 3.70. The summed E-state index contributed by atoms with van der Waals surface area (Å²) in [4.78, 5) is 25.7. The summed E-state index contributed by atoms with van der Waals surface area (Å²) in [6.45, 7) is 4.70. The first kappa shape index (κ1) is 18.5. The summed E-state index contributed by atoms with van der Waals surface area (Å²) in [6, 6.07) is 17.0. The SMILES string of the molecule is CCOc1ccccc1N(CCNC(=O)Cc1ccccc1)C(C)=O. The number of anilines is 1. The number of para-hydroxylation sites is 2. The minimum atomic E-state index is -0.0931. The standard InChI is InChI=1S/C20H24N2O3/c1-3-25-19-12-8-7-11-18(19)22(16(2)23)14-13-21-20(24)15-17-9-5-4-6-10-17/h4-12H,3,13-15H2,1-2H3,(H,21,24). The van der Waals surface area contributed by atoms with Gasteiger partial charge in [-0.05, 0) is 24.6 Å². The van der Waals surface area contributed by atoms with Gasteiger partial charge in [0.2, 0.25) is 11.8 Å². The Labute approximate surface area is 148 Å². The number of amides is 2. The Balaban J connectivity index is 1.94. The summed E-state index contributed by atoms with van der Waals surface area (Å²) in [5, 5.41) is 2.86. The van der Waals surface area contributed by atoms with E-state index in [0.717, 1.165) is 5.56 Å². The highest BCUT2D eigenvalue weighted by Gasteiger charge is 2.16. The summed E-state index contributed by atoms with van der Waals surface area (Å²) in [5.41, 5.74) is 1.68. The third-order valence-corrected chi connectivity index (χ3v) is 3.70. The van der Waals surface area contributed by atoms with Crippen molar-refractivity contribution in [2.24, 2.45) is 0 Å². The number of hydrogen-bond donors (Lipinski definition) is 1. The van der Waals surface area contributed by atoms with Crippen LogP contribution >= 0.6 is 0 Å². The molecule has 0 spiro atoms. The van der Waals surface area contributed by atoms with Crippen molar-refractivity contribution in [3.63, 3.8) is 0 Å². The van der Waals surface area contributed by atoms with Crippen LogP contribution in [0.4, 0.5) is 5.69 Å². The second-order valence-electron chi connectivity index (χ2n) is 5.58. The first-order chi connectivity index (χ1) is 12.1. The Hall–Kier alpha value is -2.82. The number of nitrogens with one attached hydrogen (secondary N) is 1. The molecule has 0 fully saturated rings. The lowest BCUT2D eigenvalue weighted by Gasteiger charge is -2.23. The Morgan fingerprint density at radius 3 is 2.40 bits per heavy atom. The Morgan fingerprint density at radius 1 is 1.04 bits per heavy atom. The number of carbonyl (C=O) groups is 2. The van der Waals surface area contributed by atoms with Crippen molar-refractivity contribution in [2.45, 2.75) is 20.3 Å². The van der Waals surface area contributed by atoms with Crippen LogP contribution in [0, 0.1) is 0 Å². The Bertz CT molecular complexity index is 701. The summed E-state index contributed by atoms with van der Waals surface area (Å²) < 4.78 is 5.59. The molecule has 2 aromatic rings. The molecule has 0 saturated heterocycles.